The number of hydrogen-bond donors (Lipinski definition) is 2. The first kappa shape index (κ1) is 12.8. The van der Waals surface area contributed by atoms with Gasteiger partial charge in [-0.05, 0) is 13.8 Å². The summed E-state index contributed by atoms with van der Waals surface area (Å²) in [6, 6.07) is -0.434. The number of nitrogens with one attached hydrogen (secondary N) is 2. The normalized spacial score (nSPS) is 13.7. The van der Waals surface area contributed by atoms with Gasteiger partial charge in [-0.25, -0.2) is 18.4 Å². The summed E-state index contributed by atoms with van der Waals surface area (Å²) < 4.78 is 28.3. The Morgan fingerprint density at radius 3 is 2.83 bits per heavy atom. The second-order valence-corrected chi connectivity index (χ2v) is 5.52. The Labute approximate surface area is 105 Å². The van der Waals surface area contributed by atoms with Crippen LogP contribution < -0.4 is 4.72 Å². The molecule has 8 heteroatoms. The predicted octanol–water partition coefficient (Wildman–Crippen LogP) is 0.666. The largest absolute Gasteiger partial charge is 0.347 e. The zero-order valence-corrected chi connectivity index (χ0v) is 11.0. The Morgan fingerprint density at radius 2 is 2.28 bits per heavy atom. The van der Waals surface area contributed by atoms with Crippen LogP contribution in [0.5, 0.6) is 0 Å². The standard InChI is InChI=1S/C10H15N5O2S/c1-3-15-6-9(13-7-15)18(16,17)14-8(2)10-11-4-5-12-10/h4-8,14H,3H2,1-2H3,(H,11,12). The van der Waals surface area contributed by atoms with Gasteiger partial charge in [0.1, 0.15) is 5.82 Å². The molecule has 98 valence electrons. The number of imidazole rings is 2. The summed E-state index contributed by atoms with van der Waals surface area (Å²) in [4.78, 5) is 10.7. The average molecular weight is 269 g/mol. The lowest BCUT2D eigenvalue weighted by Crippen LogP contribution is -2.27. The molecule has 2 N–H and O–H groups in total. The van der Waals surface area contributed by atoms with Gasteiger partial charge >= 0.3 is 0 Å². The van der Waals surface area contributed by atoms with E-state index in [2.05, 4.69) is 19.7 Å². The fourth-order valence-electron chi connectivity index (χ4n) is 1.51. The smallest absolute Gasteiger partial charge is 0.260 e. The molecule has 0 radical (unpaired) electrons. The van der Waals surface area contributed by atoms with E-state index in [1.54, 1.807) is 23.9 Å². The maximum absolute atomic E-state index is 12.0. The van der Waals surface area contributed by atoms with Crippen LogP contribution in [-0.4, -0.2) is 27.9 Å². The fourth-order valence-corrected chi connectivity index (χ4v) is 2.67. The lowest BCUT2D eigenvalue weighted by Gasteiger charge is -2.10. The van der Waals surface area contributed by atoms with Gasteiger partial charge in [0.25, 0.3) is 10.0 Å². The van der Waals surface area contributed by atoms with E-state index < -0.39 is 16.1 Å². The monoisotopic (exact) mass is 269 g/mol. The number of aryl methyl sites for hydroxylation is 1. The molecular weight excluding hydrogens is 254 g/mol. The van der Waals surface area contributed by atoms with Crippen molar-refractivity contribution in [2.45, 2.75) is 31.5 Å². The predicted molar refractivity (Wildman–Crippen MR) is 65.2 cm³/mol. The van der Waals surface area contributed by atoms with Gasteiger partial charge in [-0.15, -0.1) is 0 Å². The molecule has 0 spiro atoms. The zero-order valence-electron chi connectivity index (χ0n) is 10.2. The molecule has 0 aliphatic carbocycles. The third-order valence-electron chi connectivity index (χ3n) is 2.51. The summed E-state index contributed by atoms with van der Waals surface area (Å²) in [5, 5.41) is 0.0164. The second-order valence-electron chi connectivity index (χ2n) is 3.86. The summed E-state index contributed by atoms with van der Waals surface area (Å²) in [7, 11) is -3.62. The summed E-state index contributed by atoms with van der Waals surface area (Å²) >= 11 is 0. The van der Waals surface area contributed by atoms with E-state index >= 15 is 0 Å². The van der Waals surface area contributed by atoms with E-state index in [4.69, 9.17) is 0 Å². The van der Waals surface area contributed by atoms with Crippen LogP contribution in [0.25, 0.3) is 0 Å². The Kier molecular flexibility index (Phi) is 3.48. The Bertz CT molecular complexity index is 602. The van der Waals surface area contributed by atoms with Crippen molar-refractivity contribution >= 4 is 10.0 Å². The molecule has 0 aliphatic rings. The van der Waals surface area contributed by atoms with Gasteiger partial charge in [0.2, 0.25) is 0 Å². The minimum absolute atomic E-state index is 0.0164. The van der Waals surface area contributed by atoms with E-state index in [1.807, 2.05) is 6.92 Å². The van der Waals surface area contributed by atoms with Gasteiger partial charge in [0.05, 0.1) is 12.4 Å². The van der Waals surface area contributed by atoms with Crippen molar-refractivity contribution < 1.29 is 8.42 Å². The third-order valence-corrected chi connectivity index (χ3v) is 3.94. The minimum atomic E-state index is -3.62. The zero-order chi connectivity index (χ0) is 13.2. The third kappa shape index (κ3) is 2.59. The summed E-state index contributed by atoms with van der Waals surface area (Å²) in [5.74, 6) is 0.563. The number of aromatic amines is 1. The molecule has 0 fully saturated rings. The van der Waals surface area contributed by atoms with Crippen LogP contribution in [0.15, 0.2) is 29.9 Å². The molecule has 0 aromatic carbocycles. The first-order valence-electron chi connectivity index (χ1n) is 5.56. The molecule has 1 atom stereocenters. The van der Waals surface area contributed by atoms with E-state index in [1.165, 1.54) is 12.5 Å². The van der Waals surface area contributed by atoms with E-state index in [9.17, 15) is 8.42 Å². The molecule has 0 amide bonds. The Morgan fingerprint density at radius 1 is 1.50 bits per heavy atom. The van der Waals surface area contributed by atoms with E-state index in [0.29, 0.717) is 12.4 Å². The molecule has 2 aromatic rings. The molecule has 0 aliphatic heterocycles. The van der Waals surface area contributed by atoms with E-state index in [-0.39, 0.29) is 5.03 Å². The average Bonchev–Trinajstić information content (AvgIpc) is 3.00. The maximum atomic E-state index is 12.0. The quantitative estimate of drug-likeness (QED) is 0.834. The number of aromatic nitrogens is 4. The van der Waals surface area contributed by atoms with E-state index in [0.717, 1.165) is 0 Å². The fraction of sp³-hybridized carbons (Fsp3) is 0.400. The van der Waals surface area contributed by atoms with Crippen molar-refractivity contribution in [3.8, 4) is 0 Å². The number of nitrogens with zero attached hydrogens (tertiary/aromatic N) is 3. The van der Waals surface area contributed by atoms with Crippen LogP contribution in [0.1, 0.15) is 25.7 Å². The lowest BCUT2D eigenvalue weighted by molar-refractivity contribution is 0.558. The van der Waals surface area contributed by atoms with Crippen LogP contribution in [-0.2, 0) is 16.6 Å². The highest BCUT2D eigenvalue weighted by Crippen LogP contribution is 2.12. The lowest BCUT2D eigenvalue weighted by atomic mass is 10.3. The summed E-state index contributed by atoms with van der Waals surface area (Å²) in [5.41, 5.74) is 0. The number of hydrogen-bond acceptors (Lipinski definition) is 4. The first-order chi connectivity index (χ1) is 8.53. The van der Waals surface area contributed by atoms with Gasteiger partial charge in [0, 0.05) is 25.1 Å². The van der Waals surface area contributed by atoms with Crippen molar-refractivity contribution in [3.05, 3.63) is 30.7 Å². The highest BCUT2D eigenvalue weighted by atomic mass is 32.2. The van der Waals surface area contributed by atoms with Crippen molar-refractivity contribution in [2.75, 3.05) is 0 Å². The maximum Gasteiger partial charge on any atom is 0.260 e. The molecule has 1 unspecified atom stereocenters. The van der Waals surface area contributed by atoms with Crippen LogP contribution in [0.3, 0.4) is 0 Å². The van der Waals surface area contributed by atoms with Crippen molar-refractivity contribution in [1.82, 2.24) is 24.2 Å². The van der Waals surface area contributed by atoms with Crippen molar-refractivity contribution in [3.63, 3.8) is 0 Å². The number of sulfonamides is 1. The second kappa shape index (κ2) is 4.91. The molecular formula is C10H15N5O2S. The topological polar surface area (TPSA) is 92.7 Å². The molecule has 18 heavy (non-hydrogen) atoms. The van der Waals surface area contributed by atoms with Gasteiger partial charge in [-0.2, -0.15) is 4.72 Å². The van der Waals surface area contributed by atoms with Crippen LogP contribution in [0, 0.1) is 0 Å². The van der Waals surface area contributed by atoms with Crippen LogP contribution >= 0.6 is 0 Å². The molecule has 2 aromatic heterocycles. The first-order valence-corrected chi connectivity index (χ1v) is 7.04. The number of rotatable bonds is 5. The van der Waals surface area contributed by atoms with Crippen molar-refractivity contribution in [1.29, 1.82) is 0 Å². The van der Waals surface area contributed by atoms with Crippen molar-refractivity contribution in [2.24, 2.45) is 0 Å². The molecule has 0 saturated carbocycles. The Hall–Kier alpha value is -1.67. The van der Waals surface area contributed by atoms with Gasteiger partial charge in [-0.1, -0.05) is 0 Å². The molecule has 0 saturated heterocycles. The number of H-pyrrole nitrogens is 1. The van der Waals surface area contributed by atoms with Gasteiger partial charge in [0.15, 0.2) is 5.03 Å². The molecule has 0 bridgehead atoms. The Balaban J connectivity index is 2.17. The molecule has 2 rings (SSSR count). The summed E-state index contributed by atoms with van der Waals surface area (Å²) in [6.45, 7) is 4.31. The minimum Gasteiger partial charge on any atom is -0.347 e. The SMILES string of the molecule is CCn1cnc(S(=O)(=O)NC(C)c2ncc[nH]2)c1. The van der Waals surface area contributed by atoms with Crippen LogP contribution in [0.4, 0.5) is 0 Å². The van der Waals surface area contributed by atoms with Gasteiger partial charge < -0.3 is 9.55 Å². The molecule has 2 heterocycles. The van der Waals surface area contributed by atoms with Crippen LogP contribution in [0.2, 0.25) is 0 Å². The van der Waals surface area contributed by atoms with Gasteiger partial charge in [-0.3, -0.25) is 0 Å². The summed E-state index contributed by atoms with van der Waals surface area (Å²) in [6.07, 6.45) is 6.21. The highest BCUT2D eigenvalue weighted by Gasteiger charge is 2.21. The molecule has 7 nitrogen and oxygen atoms in total. The highest BCUT2D eigenvalue weighted by molar-refractivity contribution is 7.89.